The molecule has 0 aliphatic carbocycles. The minimum absolute atomic E-state index is 0.0239. The molecule has 1 N–H and O–H groups in total. The Hall–Kier alpha value is -2.44. The van der Waals surface area contributed by atoms with Crippen molar-refractivity contribution < 1.29 is 9.72 Å². The number of rotatable bonds is 6. The van der Waals surface area contributed by atoms with Gasteiger partial charge in [-0.1, -0.05) is 35.9 Å². The second kappa shape index (κ2) is 8.50. The number of benzene rings is 2. The average Bonchev–Trinajstić information content (AvgIpc) is 3.17. The Labute approximate surface area is 163 Å². The zero-order chi connectivity index (χ0) is 19.4. The Morgan fingerprint density at radius 2 is 1.93 bits per heavy atom. The standard InChI is InChI=1S/C20H22ClN3O3/c1-14-15(8-6-10-18(14)24(26)27)20(25)22-13-19(23-11-4-5-12-23)16-7-2-3-9-17(16)21/h2-3,6-10,19H,4-5,11-13H2,1H3,(H,22,25). The predicted octanol–water partition coefficient (Wildman–Crippen LogP) is 4.12. The van der Waals surface area contributed by atoms with Crippen molar-refractivity contribution in [1.29, 1.82) is 0 Å². The summed E-state index contributed by atoms with van der Waals surface area (Å²) in [5.41, 5.74) is 1.63. The Morgan fingerprint density at radius 1 is 1.22 bits per heavy atom. The van der Waals surface area contributed by atoms with Crippen LogP contribution < -0.4 is 5.32 Å². The fourth-order valence-electron chi connectivity index (χ4n) is 3.59. The van der Waals surface area contributed by atoms with Crippen LogP contribution in [0.4, 0.5) is 5.69 Å². The van der Waals surface area contributed by atoms with Crippen LogP contribution in [-0.2, 0) is 0 Å². The summed E-state index contributed by atoms with van der Waals surface area (Å²) >= 11 is 6.40. The fourth-order valence-corrected chi connectivity index (χ4v) is 3.85. The van der Waals surface area contributed by atoms with E-state index in [0.29, 0.717) is 22.7 Å². The number of hydrogen-bond acceptors (Lipinski definition) is 4. The van der Waals surface area contributed by atoms with Gasteiger partial charge in [0.1, 0.15) is 0 Å². The van der Waals surface area contributed by atoms with Crippen molar-refractivity contribution in [3.63, 3.8) is 0 Å². The Morgan fingerprint density at radius 3 is 2.59 bits per heavy atom. The first kappa shape index (κ1) is 19.3. The van der Waals surface area contributed by atoms with Crippen LogP contribution >= 0.6 is 11.6 Å². The normalized spacial score (nSPS) is 15.5. The number of nitro groups is 1. The van der Waals surface area contributed by atoms with Gasteiger partial charge in [0.15, 0.2) is 0 Å². The average molecular weight is 388 g/mol. The molecule has 0 bridgehead atoms. The third-order valence-corrected chi connectivity index (χ3v) is 5.39. The van der Waals surface area contributed by atoms with E-state index in [2.05, 4.69) is 10.2 Å². The molecule has 2 aromatic carbocycles. The maximum atomic E-state index is 12.7. The monoisotopic (exact) mass is 387 g/mol. The molecule has 6 nitrogen and oxygen atoms in total. The lowest BCUT2D eigenvalue weighted by atomic mass is 10.0. The zero-order valence-corrected chi connectivity index (χ0v) is 15.9. The van der Waals surface area contributed by atoms with Gasteiger partial charge in [-0.3, -0.25) is 19.8 Å². The van der Waals surface area contributed by atoms with Crippen molar-refractivity contribution in [2.45, 2.75) is 25.8 Å². The number of amides is 1. The zero-order valence-electron chi connectivity index (χ0n) is 15.2. The van der Waals surface area contributed by atoms with E-state index >= 15 is 0 Å². The summed E-state index contributed by atoms with van der Waals surface area (Å²) in [6.45, 7) is 3.91. The fraction of sp³-hybridized carbons (Fsp3) is 0.350. The molecule has 1 saturated heterocycles. The minimum atomic E-state index is -0.469. The molecular weight excluding hydrogens is 366 g/mol. The number of halogens is 1. The summed E-state index contributed by atoms with van der Waals surface area (Å²) in [5, 5.41) is 14.7. The van der Waals surface area contributed by atoms with E-state index in [1.54, 1.807) is 13.0 Å². The third kappa shape index (κ3) is 4.28. The summed E-state index contributed by atoms with van der Waals surface area (Å²) in [6.07, 6.45) is 2.25. The van der Waals surface area contributed by atoms with Crippen molar-refractivity contribution in [1.82, 2.24) is 10.2 Å². The Kier molecular flexibility index (Phi) is 6.08. The number of likely N-dealkylation sites (tertiary alicyclic amines) is 1. The van der Waals surface area contributed by atoms with Gasteiger partial charge >= 0.3 is 0 Å². The van der Waals surface area contributed by atoms with Gasteiger partial charge in [0.25, 0.3) is 11.6 Å². The molecule has 0 aromatic heterocycles. The molecule has 1 atom stereocenters. The van der Waals surface area contributed by atoms with Crippen molar-refractivity contribution in [3.8, 4) is 0 Å². The maximum Gasteiger partial charge on any atom is 0.273 e. The molecule has 142 valence electrons. The van der Waals surface area contributed by atoms with Crippen LogP contribution in [-0.4, -0.2) is 35.4 Å². The predicted molar refractivity (Wildman–Crippen MR) is 105 cm³/mol. The highest BCUT2D eigenvalue weighted by molar-refractivity contribution is 6.31. The number of nitro benzene ring substituents is 1. The van der Waals surface area contributed by atoms with E-state index in [4.69, 9.17) is 11.6 Å². The van der Waals surface area contributed by atoms with Gasteiger partial charge < -0.3 is 5.32 Å². The topological polar surface area (TPSA) is 75.5 Å². The Balaban J connectivity index is 1.80. The molecule has 27 heavy (non-hydrogen) atoms. The molecule has 1 unspecified atom stereocenters. The lowest BCUT2D eigenvalue weighted by molar-refractivity contribution is -0.385. The molecule has 0 saturated carbocycles. The SMILES string of the molecule is Cc1c(C(=O)NCC(c2ccccc2Cl)N2CCCC2)cccc1[N+](=O)[O-]. The number of nitrogens with zero attached hydrogens (tertiary/aromatic N) is 2. The molecule has 1 aliphatic heterocycles. The number of carbonyl (C=O) groups is 1. The summed E-state index contributed by atoms with van der Waals surface area (Å²) in [5.74, 6) is -0.313. The highest BCUT2D eigenvalue weighted by Crippen LogP contribution is 2.30. The van der Waals surface area contributed by atoms with Crippen LogP contribution in [0.15, 0.2) is 42.5 Å². The smallest absolute Gasteiger partial charge is 0.273 e. The number of nitrogens with one attached hydrogen (secondary N) is 1. The molecule has 1 amide bonds. The summed E-state index contributed by atoms with van der Waals surface area (Å²) in [4.78, 5) is 25.7. The highest BCUT2D eigenvalue weighted by Gasteiger charge is 2.26. The molecule has 0 spiro atoms. The van der Waals surface area contributed by atoms with Crippen LogP contribution in [0.5, 0.6) is 0 Å². The lowest BCUT2D eigenvalue weighted by Gasteiger charge is -2.29. The molecule has 2 aromatic rings. The van der Waals surface area contributed by atoms with Gasteiger partial charge in [0.2, 0.25) is 0 Å². The molecule has 1 heterocycles. The molecule has 0 radical (unpaired) electrons. The number of carbonyl (C=O) groups excluding carboxylic acids is 1. The van der Waals surface area contributed by atoms with Crippen molar-refractivity contribution in [3.05, 3.63) is 74.3 Å². The third-order valence-electron chi connectivity index (χ3n) is 5.05. The van der Waals surface area contributed by atoms with E-state index < -0.39 is 4.92 Å². The quantitative estimate of drug-likeness (QED) is 0.597. The molecule has 1 fully saturated rings. The van der Waals surface area contributed by atoms with E-state index in [1.165, 1.54) is 12.1 Å². The minimum Gasteiger partial charge on any atom is -0.350 e. The van der Waals surface area contributed by atoms with Crippen molar-refractivity contribution >= 4 is 23.2 Å². The van der Waals surface area contributed by atoms with Crippen molar-refractivity contribution in [2.24, 2.45) is 0 Å². The van der Waals surface area contributed by atoms with Gasteiger partial charge in [-0.25, -0.2) is 0 Å². The van der Waals surface area contributed by atoms with Crippen LogP contribution in [0.1, 0.15) is 40.4 Å². The van der Waals surface area contributed by atoms with Gasteiger partial charge in [-0.05, 0) is 50.6 Å². The first-order valence-corrected chi connectivity index (χ1v) is 9.37. The van der Waals surface area contributed by atoms with Crippen molar-refractivity contribution in [2.75, 3.05) is 19.6 Å². The second-order valence-electron chi connectivity index (χ2n) is 6.70. The summed E-state index contributed by atoms with van der Waals surface area (Å²) in [7, 11) is 0. The molecular formula is C20H22ClN3O3. The van der Waals surface area contributed by atoms with Gasteiger partial charge in [-0.2, -0.15) is 0 Å². The highest BCUT2D eigenvalue weighted by atomic mass is 35.5. The first-order chi connectivity index (χ1) is 13.0. The van der Waals surface area contributed by atoms with Gasteiger partial charge in [0, 0.05) is 28.8 Å². The Bertz CT molecular complexity index is 850. The summed E-state index contributed by atoms with van der Waals surface area (Å²) in [6, 6.07) is 12.2. The second-order valence-corrected chi connectivity index (χ2v) is 7.10. The van der Waals surface area contributed by atoms with Crippen LogP contribution in [0, 0.1) is 17.0 Å². The van der Waals surface area contributed by atoms with Gasteiger partial charge in [-0.15, -0.1) is 0 Å². The largest absolute Gasteiger partial charge is 0.350 e. The van der Waals surface area contributed by atoms with E-state index in [0.717, 1.165) is 31.5 Å². The van der Waals surface area contributed by atoms with E-state index in [9.17, 15) is 14.9 Å². The van der Waals surface area contributed by atoms with E-state index in [-0.39, 0.29) is 17.6 Å². The first-order valence-electron chi connectivity index (χ1n) is 8.99. The summed E-state index contributed by atoms with van der Waals surface area (Å²) < 4.78 is 0. The molecule has 7 heteroatoms. The lowest BCUT2D eigenvalue weighted by Crippen LogP contribution is -2.37. The van der Waals surface area contributed by atoms with E-state index in [1.807, 2.05) is 24.3 Å². The van der Waals surface area contributed by atoms with Crippen LogP contribution in [0.3, 0.4) is 0 Å². The molecule has 3 rings (SSSR count). The maximum absolute atomic E-state index is 12.7. The van der Waals surface area contributed by atoms with Crippen LogP contribution in [0.2, 0.25) is 5.02 Å². The number of hydrogen-bond donors (Lipinski definition) is 1. The van der Waals surface area contributed by atoms with Gasteiger partial charge in [0.05, 0.1) is 11.0 Å². The molecule has 1 aliphatic rings. The van der Waals surface area contributed by atoms with Crippen LogP contribution in [0.25, 0.3) is 0 Å².